The molecule has 0 amide bonds. The number of rotatable bonds is 5. The maximum Gasteiger partial charge on any atom is 0.130 e. The molecule has 0 saturated heterocycles. The quantitative estimate of drug-likeness (QED) is 0.673. The Labute approximate surface area is 122 Å². The SMILES string of the molecule is CCc1ccccc1Oc1cccc(C(C)(C)CC)c1. The van der Waals surface area contributed by atoms with E-state index in [1.165, 1.54) is 11.1 Å². The maximum atomic E-state index is 6.08. The summed E-state index contributed by atoms with van der Waals surface area (Å²) in [4.78, 5) is 0. The maximum absolute atomic E-state index is 6.08. The molecule has 0 bridgehead atoms. The van der Waals surface area contributed by atoms with Crippen molar-refractivity contribution in [2.45, 2.75) is 46.0 Å². The Morgan fingerprint density at radius 1 is 0.950 bits per heavy atom. The van der Waals surface area contributed by atoms with Crippen molar-refractivity contribution in [3.05, 3.63) is 59.7 Å². The predicted octanol–water partition coefficient (Wildman–Crippen LogP) is 5.73. The van der Waals surface area contributed by atoms with Crippen molar-refractivity contribution < 1.29 is 4.74 Å². The molecule has 20 heavy (non-hydrogen) atoms. The number of benzene rings is 2. The van der Waals surface area contributed by atoms with Gasteiger partial charge < -0.3 is 4.74 Å². The summed E-state index contributed by atoms with van der Waals surface area (Å²) < 4.78 is 6.08. The smallest absolute Gasteiger partial charge is 0.130 e. The zero-order valence-electron chi connectivity index (χ0n) is 12.9. The van der Waals surface area contributed by atoms with Gasteiger partial charge in [0.25, 0.3) is 0 Å². The van der Waals surface area contributed by atoms with E-state index in [0.717, 1.165) is 24.3 Å². The average molecular weight is 268 g/mol. The van der Waals surface area contributed by atoms with Crippen LogP contribution in [-0.2, 0) is 11.8 Å². The van der Waals surface area contributed by atoms with Crippen LogP contribution in [0.5, 0.6) is 11.5 Å². The highest BCUT2D eigenvalue weighted by Crippen LogP contribution is 2.31. The molecule has 0 radical (unpaired) electrons. The van der Waals surface area contributed by atoms with Crippen LogP contribution < -0.4 is 4.74 Å². The number of hydrogen-bond donors (Lipinski definition) is 0. The van der Waals surface area contributed by atoms with E-state index < -0.39 is 0 Å². The van der Waals surface area contributed by atoms with Crippen molar-refractivity contribution in [1.29, 1.82) is 0 Å². The number of ether oxygens (including phenoxy) is 1. The number of aryl methyl sites for hydroxylation is 1. The third kappa shape index (κ3) is 3.22. The van der Waals surface area contributed by atoms with Crippen LogP contribution in [0, 0.1) is 0 Å². The largest absolute Gasteiger partial charge is 0.457 e. The first-order valence-electron chi connectivity index (χ1n) is 7.43. The molecular weight excluding hydrogens is 244 g/mol. The van der Waals surface area contributed by atoms with E-state index in [-0.39, 0.29) is 5.41 Å². The average Bonchev–Trinajstić information content (AvgIpc) is 2.48. The van der Waals surface area contributed by atoms with Gasteiger partial charge in [0.2, 0.25) is 0 Å². The van der Waals surface area contributed by atoms with E-state index in [0.29, 0.717) is 0 Å². The predicted molar refractivity (Wildman–Crippen MR) is 85.7 cm³/mol. The Bertz CT molecular complexity index is 569. The van der Waals surface area contributed by atoms with Gasteiger partial charge in [-0.05, 0) is 47.6 Å². The zero-order chi connectivity index (χ0) is 14.6. The second-order valence-electron chi connectivity index (χ2n) is 5.83. The summed E-state index contributed by atoms with van der Waals surface area (Å²) in [7, 11) is 0. The molecule has 0 aliphatic carbocycles. The van der Waals surface area contributed by atoms with Gasteiger partial charge in [0.1, 0.15) is 11.5 Å². The van der Waals surface area contributed by atoms with Gasteiger partial charge in [-0.3, -0.25) is 0 Å². The van der Waals surface area contributed by atoms with E-state index in [1.54, 1.807) is 0 Å². The minimum Gasteiger partial charge on any atom is -0.457 e. The molecule has 0 saturated carbocycles. The van der Waals surface area contributed by atoms with E-state index in [4.69, 9.17) is 4.74 Å². The molecule has 0 spiro atoms. The first-order chi connectivity index (χ1) is 9.56. The lowest BCUT2D eigenvalue weighted by Gasteiger charge is -2.24. The fourth-order valence-corrected chi connectivity index (χ4v) is 2.21. The second-order valence-corrected chi connectivity index (χ2v) is 5.83. The Morgan fingerprint density at radius 2 is 1.70 bits per heavy atom. The van der Waals surface area contributed by atoms with Crippen molar-refractivity contribution in [3.63, 3.8) is 0 Å². The normalized spacial score (nSPS) is 11.4. The van der Waals surface area contributed by atoms with Crippen molar-refractivity contribution in [1.82, 2.24) is 0 Å². The summed E-state index contributed by atoms with van der Waals surface area (Å²) >= 11 is 0. The lowest BCUT2D eigenvalue weighted by atomic mass is 9.82. The van der Waals surface area contributed by atoms with Crippen LogP contribution in [0.15, 0.2) is 48.5 Å². The molecule has 0 unspecified atom stereocenters. The molecule has 0 aliphatic heterocycles. The monoisotopic (exact) mass is 268 g/mol. The van der Waals surface area contributed by atoms with Crippen LogP contribution >= 0.6 is 0 Å². The molecule has 0 aromatic heterocycles. The van der Waals surface area contributed by atoms with Crippen LogP contribution in [-0.4, -0.2) is 0 Å². The van der Waals surface area contributed by atoms with E-state index in [1.807, 2.05) is 18.2 Å². The van der Waals surface area contributed by atoms with Crippen molar-refractivity contribution in [2.24, 2.45) is 0 Å². The molecule has 2 rings (SSSR count). The molecule has 0 N–H and O–H groups in total. The van der Waals surface area contributed by atoms with Crippen molar-refractivity contribution >= 4 is 0 Å². The summed E-state index contributed by atoms with van der Waals surface area (Å²) in [5.41, 5.74) is 2.75. The highest BCUT2D eigenvalue weighted by atomic mass is 16.5. The third-order valence-corrected chi connectivity index (χ3v) is 4.08. The van der Waals surface area contributed by atoms with Crippen LogP contribution in [0.4, 0.5) is 0 Å². The van der Waals surface area contributed by atoms with Gasteiger partial charge in [0.15, 0.2) is 0 Å². The molecule has 2 aromatic carbocycles. The van der Waals surface area contributed by atoms with Crippen LogP contribution in [0.1, 0.15) is 45.2 Å². The number of hydrogen-bond acceptors (Lipinski definition) is 1. The third-order valence-electron chi connectivity index (χ3n) is 4.08. The first-order valence-corrected chi connectivity index (χ1v) is 7.43. The Hall–Kier alpha value is -1.76. The second kappa shape index (κ2) is 6.13. The molecule has 106 valence electrons. The highest BCUT2D eigenvalue weighted by Gasteiger charge is 2.18. The van der Waals surface area contributed by atoms with Gasteiger partial charge in [0, 0.05) is 0 Å². The lowest BCUT2D eigenvalue weighted by Crippen LogP contribution is -2.15. The topological polar surface area (TPSA) is 9.23 Å². The Kier molecular flexibility index (Phi) is 4.49. The van der Waals surface area contributed by atoms with Crippen LogP contribution in [0.3, 0.4) is 0 Å². The van der Waals surface area contributed by atoms with Gasteiger partial charge in [0.05, 0.1) is 0 Å². The van der Waals surface area contributed by atoms with Gasteiger partial charge in [-0.25, -0.2) is 0 Å². The minimum atomic E-state index is 0.184. The standard InChI is InChI=1S/C19H24O/c1-5-15-10-7-8-13-18(15)20-17-12-9-11-16(14-17)19(3,4)6-2/h7-14H,5-6H2,1-4H3. The van der Waals surface area contributed by atoms with Crippen molar-refractivity contribution in [3.8, 4) is 11.5 Å². The van der Waals surface area contributed by atoms with E-state index in [9.17, 15) is 0 Å². The minimum absolute atomic E-state index is 0.184. The fourth-order valence-electron chi connectivity index (χ4n) is 2.21. The fraction of sp³-hybridized carbons (Fsp3) is 0.368. The van der Waals surface area contributed by atoms with E-state index >= 15 is 0 Å². The highest BCUT2D eigenvalue weighted by molar-refractivity contribution is 5.40. The molecule has 1 heteroatoms. The first kappa shape index (κ1) is 14.6. The molecule has 0 heterocycles. The van der Waals surface area contributed by atoms with Crippen molar-refractivity contribution in [2.75, 3.05) is 0 Å². The van der Waals surface area contributed by atoms with E-state index in [2.05, 4.69) is 58.0 Å². The van der Waals surface area contributed by atoms with Gasteiger partial charge in [-0.15, -0.1) is 0 Å². The lowest BCUT2D eigenvalue weighted by molar-refractivity contribution is 0.467. The number of para-hydroxylation sites is 1. The van der Waals surface area contributed by atoms with Gasteiger partial charge >= 0.3 is 0 Å². The molecule has 0 atom stereocenters. The van der Waals surface area contributed by atoms with Crippen LogP contribution in [0.25, 0.3) is 0 Å². The molecule has 2 aromatic rings. The zero-order valence-corrected chi connectivity index (χ0v) is 12.9. The molecular formula is C19H24O. The summed E-state index contributed by atoms with van der Waals surface area (Å²) in [6.07, 6.45) is 2.10. The van der Waals surface area contributed by atoms with Crippen LogP contribution in [0.2, 0.25) is 0 Å². The molecule has 1 nitrogen and oxygen atoms in total. The Balaban J connectivity index is 2.28. The molecule has 0 fully saturated rings. The summed E-state index contributed by atoms with van der Waals surface area (Å²) in [5.74, 6) is 1.88. The van der Waals surface area contributed by atoms with Gasteiger partial charge in [-0.1, -0.05) is 58.0 Å². The Morgan fingerprint density at radius 3 is 2.40 bits per heavy atom. The summed E-state index contributed by atoms with van der Waals surface area (Å²) in [6.45, 7) is 8.91. The summed E-state index contributed by atoms with van der Waals surface area (Å²) in [5, 5.41) is 0. The summed E-state index contributed by atoms with van der Waals surface area (Å²) in [6, 6.07) is 16.7. The van der Waals surface area contributed by atoms with Gasteiger partial charge in [-0.2, -0.15) is 0 Å². The molecule has 0 aliphatic rings.